The lowest BCUT2D eigenvalue weighted by Gasteiger charge is -2.17. The SMILES string of the molecule is Cc1nnc(Sc2nc3c(cc2C(=O)O)CCCC3)n1C. The molecule has 0 bridgehead atoms. The zero-order chi connectivity index (χ0) is 15.0. The minimum absolute atomic E-state index is 0.251. The van der Waals surface area contributed by atoms with E-state index < -0.39 is 5.97 Å². The Hall–Kier alpha value is -1.89. The first-order chi connectivity index (χ1) is 10.1. The first-order valence-electron chi connectivity index (χ1n) is 6.86. The number of nitrogens with zero attached hydrogens (tertiary/aromatic N) is 4. The highest BCUT2D eigenvalue weighted by atomic mass is 32.2. The van der Waals surface area contributed by atoms with Crippen LogP contribution in [0.4, 0.5) is 0 Å². The summed E-state index contributed by atoms with van der Waals surface area (Å²) in [5.74, 6) is -0.162. The van der Waals surface area contributed by atoms with Gasteiger partial charge in [0.1, 0.15) is 10.9 Å². The van der Waals surface area contributed by atoms with Gasteiger partial charge < -0.3 is 9.67 Å². The molecule has 0 unspecified atom stereocenters. The van der Waals surface area contributed by atoms with E-state index in [0.29, 0.717) is 10.2 Å². The van der Waals surface area contributed by atoms with E-state index in [4.69, 9.17) is 0 Å². The van der Waals surface area contributed by atoms with Crippen LogP contribution in [0.5, 0.6) is 0 Å². The summed E-state index contributed by atoms with van der Waals surface area (Å²) < 4.78 is 1.83. The van der Waals surface area contributed by atoms with Gasteiger partial charge in [0.15, 0.2) is 5.16 Å². The highest BCUT2D eigenvalue weighted by molar-refractivity contribution is 7.99. The number of pyridine rings is 1. The Labute approximate surface area is 126 Å². The van der Waals surface area contributed by atoms with Crippen molar-refractivity contribution >= 4 is 17.7 Å². The number of aryl methyl sites for hydroxylation is 3. The molecule has 0 fully saturated rings. The number of carboxylic acid groups (broad SMARTS) is 1. The second-order valence-corrected chi connectivity index (χ2v) is 6.11. The van der Waals surface area contributed by atoms with Gasteiger partial charge in [-0.25, -0.2) is 9.78 Å². The zero-order valence-corrected chi connectivity index (χ0v) is 12.8. The molecule has 0 saturated heterocycles. The number of fused-ring (bicyclic) bond motifs is 1. The normalized spacial score (nSPS) is 14.0. The van der Waals surface area contributed by atoms with Crippen LogP contribution in [0.2, 0.25) is 0 Å². The van der Waals surface area contributed by atoms with Crippen LogP contribution in [0.1, 0.15) is 40.3 Å². The molecule has 3 rings (SSSR count). The van der Waals surface area contributed by atoms with Gasteiger partial charge in [-0.2, -0.15) is 0 Å². The van der Waals surface area contributed by atoms with E-state index in [1.54, 1.807) is 6.07 Å². The molecule has 0 amide bonds. The maximum absolute atomic E-state index is 11.5. The fourth-order valence-corrected chi connectivity index (χ4v) is 3.34. The number of rotatable bonds is 3. The minimum Gasteiger partial charge on any atom is -0.478 e. The first kappa shape index (κ1) is 14.1. The van der Waals surface area contributed by atoms with Crippen LogP contribution in [0.15, 0.2) is 16.2 Å². The topological polar surface area (TPSA) is 80.9 Å². The largest absolute Gasteiger partial charge is 0.478 e. The fraction of sp³-hybridized carbons (Fsp3) is 0.429. The molecular weight excluding hydrogens is 288 g/mol. The third kappa shape index (κ3) is 2.65. The van der Waals surface area contributed by atoms with Crippen molar-refractivity contribution in [3.05, 3.63) is 28.7 Å². The van der Waals surface area contributed by atoms with E-state index in [-0.39, 0.29) is 5.56 Å². The van der Waals surface area contributed by atoms with E-state index in [2.05, 4.69) is 15.2 Å². The number of carbonyl (C=O) groups is 1. The van der Waals surface area contributed by atoms with Crippen LogP contribution in [-0.4, -0.2) is 30.8 Å². The highest BCUT2D eigenvalue weighted by Crippen LogP contribution is 2.31. The fourth-order valence-electron chi connectivity index (χ4n) is 2.41. The predicted octanol–water partition coefficient (Wildman–Crippen LogP) is 2.25. The Bertz CT molecular complexity index is 711. The Kier molecular flexibility index (Phi) is 3.67. The molecule has 0 atom stereocenters. The maximum atomic E-state index is 11.5. The molecule has 1 N–H and O–H groups in total. The monoisotopic (exact) mass is 304 g/mol. The Morgan fingerprint density at radius 3 is 2.76 bits per heavy atom. The third-order valence-electron chi connectivity index (χ3n) is 3.74. The van der Waals surface area contributed by atoms with Gasteiger partial charge in [0.25, 0.3) is 0 Å². The second-order valence-electron chi connectivity index (χ2n) is 5.15. The number of hydrogen-bond acceptors (Lipinski definition) is 5. The summed E-state index contributed by atoms with van der Waals surface area (Å²) in [5.41, 5.74) is 2.34. The van der Waals surface area contributed by atoms with Gasteiger partial charge in [-0.3, -0.25) is 0 Å². The molecule has 2 heterocycles. The summed E-state index contributed by atoms with van der Waals surface area (Å²) in [7, 11) is 1.86. The van der Waals surface area contributed by atoms with Crippen molar-refractivity contribution in [1.82, 2.24) is 19.7 Å². The first-order valence-corrected chi connectivity index (χ1v) is 7.68. The van der Waals surface area contributed by atoms with E-state index in [1.807, 2.05) is 18.5 Å². The number of aromatic carboxylic acids is 1. The molecule has 0 spiro atoms. The minimum atomic E-state index is -0.947. The quantitative estimate of drug-likeness (QED) is 0.936. The lowest BCUT2D eigenvalue weighted by molar-refractivity contribution is 0.0692. The standard InChI is InChI=1S/C14H16N4O2S/c1-8-16-17-14(18(8)2)21-12-10(13(19)20)7-9-5-3-4-6-11(9)15-12/h7H,3-6H2,1-2H3,(H,19,20). The van der Waals surface area contributed by atoms with Crippen LogP contribution < -0.4 is 0 Å². The van der Waals surface area contributed by atoms with Crippen LogP contribution in [0.3, 0.4) is 0 Å². The summed E-state index contributed by atoms with van der Waals surface area (Å²) in [6.45, 7) is 1.86. The van der Waals surface area contributed by atoms with Crippen LogP contribution in [0.25, 0.3) is 0 Å². The van der Waals surface area contributed by atoms with Crippen molar-refractivity contribution in [3.8, 4) is 0 Å². The molecule has 0 aromatic carbocycles. The van der Waals surface area contributed by atoms with Gasteiger partial charge in [-0.05, 0) is 56.0 Å². The lowest BCUT2D eigenvalue weighted by Crippen LogP contribution is -2.11. The number of aromatic nitrogens is 4. The molecule has 1 aliphatic carbocycles. The molecule has 0 saturated carbocycles. The van der Waals surface area contributed by atoms with Crippen LogP contribution in [0, 0.1) is 6.92 Å². The van der Waals surface area contributed by atoms with Crippen LogP contribution >= 0.6 is 11.8 Å². The molecule has 21 heavy (non-hydrogen) atoms. The Morgan fingerprint density at radius 2 is 2.10 bits per heavy atom. The van der Waals surface area contributed by atoms with Crippen molar-refractivity contribution in [2.75, 3.05) is 0 Å². The van der Waals surface area contributed by atoms with Crippen LogP contribution in [-0.2, 0) is 19.9 Å². The van der Waals surface area contributed by atoms with Crippen molar-refractivity contribution in [3.63, 3.8) is 0 Å². The molecule has 0 aliphatic heterocycles. The van der Waals surface area contributed by atoms with E-state index in [1.165, 1.54) is 11.8 Å². The molecule has 2 aromatic rings. The van der Waals surface area contributed by atoms with Gasteiger partial charge in [-0.15, -0.1) is 10.2 Å². The van der Waals surface area contributed by atoms with Crippen molar-refractivity contribution in [1.29, 1.82) is 0 Å². The summed E-state index contributed by atoms with van der Waals surface area (Å²) in [6, 6.07) is 1.77. The zero-order valence-electron chi connectivity index (χ0n) is 12.0. The molecule has 0 radical (unpaired) electrons. The summed E-state index contributed by atoms with van der Waals surface area (Å²) in [5, 5.41) is 18.6. The van der Waals surface area contributed by atoms with Crippen molar-refractivity contribution < 1.29 is 9.90 Å². The van der Waals surface area contributed by atoms with Gasteiger partial charge in [0.05, 0.1) is 5.56 Å². The highest BCUT2D eigenvalue weighted by Gasteiger charge is 2.21. The molecular formula is C14H16N4O2S. The van der Waals surface area contributed by atoms with Crippen molar-refractivity contribution in [2.45, 2.75) is 42.8 Å². The Morgan fingerprint density at radius 1 is 1.33 bits per heavy atom. The average Bonchev–Trinajstić information content (AvgIpc) is 2.78. The van der Waals surface area contributed by atoms with Gasteiger partial charge >= 0.3 is 5.97 Å². The number of carboxylic acids is 1. The molecule has 110 valence electrons. The molecule has 1 aliphatic rings. The molecule has 6 nitrogen and oxygen atoms in total. The lowest BCUT2D eigenvalue weighted by atomic mass is 9.95. The van der Waals surface area contributed by atoms with Gasteiger partial charge in [0, 0.05) is 12.7 Å². The maximum Gasteiger partial charge on any atom is 0.338 e. The molecule has 7 heteroatoms. The summed E-state index contributed by atoms with van der Waals surface area (Å²) >= 11 is 1.26. The van der Waals surface area contributed by atoms with E-state index >= 15 is 0 Å². The Balaban J connectivity index is 2.03. The van der Waals surface area contributed by atoms with E-state index in [9.17, 15) is 9.90 Å². The van der Waals surface area contributed by atoms with Gasteiger partial charge in [0.2, 0.25) is 0 Å². The van der Waals surface area contributed by atoms with E-state index in [0.717, 1.165) is 42.8 Å². The summed E-state index contributed by atoms with van der Waals surface area (Å²) in [4.78, 5) is 16.1. The summed E-state index contributed by atoms with van der Waals surface area (Å²) in [6.07, 6.45) is 4.04. The number of hydrogen-bond donors (Lipinski definition) is 1. The third-order valence-corrected chi connectivity index (χ3v) is 4.78. The molecule has 2 aromatic heterocycles. The second kappa shape index (κ2) is 5.48. The smallest absolute Gasteiger partial charge is 0.338 e. The average molecular weight is 304 g/mol. The van der Waals surface area contributed by atoms with Crippen molar-refractivity contribution in [2.24, 2.45) is 7.05 Å². The predicted molar refractivity (Wildman–Crippen MR) is 77.7 cm³/mol. The van der Waals surface area contributed by atoms with Gasteiger partial charge in [-0.1, -0.05) is 0 Å².